The number of nitrogens with zero attached hydrogens (tertiary/aromatic N) is 1. The van der Waals surface area contributed by atoms with E-state index < -0.39 is 30.0 Å². The summed E-state index contributed by atoms with van der Waals surface area (Å²) in [4.78, 5) is 34.5. The summed E-state index contributed by atoms with van der Waals surface area (Å²) in [7, 11) is 0. The molecule has 96 valence electrons. The number of carboxylic acids is 1. The summed E-state index contributed by atoms with van der Waals surface area (Å²) in [5.74, 6) is -0.810. The van der Waals surface area contributed by atoms with Gasteiger partial charge >= 0.3 is 12.0 Å². The Labute approximate surface area is 103 Å². The number of nitrogens with two attached hydrogens (primary N) is 1. The minimum absolute atomic E-state index is 0.0322. The highest BCUT2D eigenvalue weighted by Gasteiger charge is 2.34. The third-order valence-corrected chi connectivity index (χ3v) is 3.32. The van der Waals surface area contributed by atoms with Crippen molar-refractivity contribution in [2.45, 2.75) is 25.4 Å². The molecule has 0 bridgehead atoms. The van der Waals surface area contributed by atoms with Gasteiger partial charge < -0.3 is 21.1 Å². The lowest BCUT2D eigenvalue weighted by Gasteiger charge is -2.23. The number of carbonyl (C=O) groups is 3. The molecule has 0 aliphatic carbocycles. The van der Waals surface area contributed by atoms with E-state index in [2.05, 4.69) is 5.32 Å². The van der Waals surface area contributed by atoms with Crippen LogP contribution in [0.5, 0.6) is 0 Å². The number of nitrogens with one attached hydrogen (secondary N) is 1. The van der Waals surface area contributed by atoms with Crippen LogP contribution < -0.4 is 11.1 Å². The molecule has 0 radical (unpaired) electrons. The molecule has 1 aliphatic rings. The lowest BCUT2D eigenvalue weighted by atomic mass is 10.2. The Morgan fingerprint density at radius 1 is 1.59 bits per heavy atom. The summed E-state index contributed by atoms with van der Waals surface area (Å²) < 4.78 is 0. The number of urea groups is 1. The van der Waals surface area contributed by atoms with Crippen LogP contribution in [0.3, 0.4) is 0 Å². The van der Waals surface area contributed by atoms with E-state index in [0.717, 1.165) is 0 Å². The standard InChI is InChI=1S/C9H15N3O4S/c1-5(2-7(10)13)11-9(16)12-4-17-3-6(12)8(14)15/h5-6H,2-4H2,1H3,(H2,10,13)(H,11,16)(H,14,15). The number of hydrogen-bond acceptors (Lipinski definition) is 4. The third-order valence-electron chi connectivity index (χ3n) is 2.31. The first-order valence-electron chi connectivity index (χ1n) is 5.07. The van der Waals surface area contributed by atoms with Crippen molar-refractivity contribution < 1.29 is 19.5 Å². The van der Waals surface area contributed by atoms with Gasteiger partial charge in [0.25, 0.3) is 0 Å². The van der Waals surface area contributed by atoms with Crippen LogP contribution in [0, 0.1) is 0 Å². The predicted molar refractivity (Wildman–Crippen MR) is 62.4 cm³/mol. The fraction of sp³-hybridized carbons (Fsp3) is 0.667. The quantitative estimate of drug-likeness (QED) is 0.626. The molecule has 0 aromatic carbocycles. The number of aliphatic carboxylic acids is 1. The molecular formula is C9H15N3O4S. The average molecular weight is 261 g/mol. The Balaban J connectivity index is 2.52. The molecule has 0 aromatic heterocycles. The van der Waals surface area contributed by atoms with Crippen LogP contribution in [-0.2, 0) is 9.59 Å². The summed E-state index contributed by atoms with van der Waals surface area (Å²) in [5, 5.41) is 11.5. The molecule has 17 heavy (non-hydrogen) atoms. The number of carboxylic acid groups (broad SMARTS) is 1. The van der Waals surface area contributed by atoms with E-state index in [-0.39, 0.29) is 6.42 Å². The van der Waals surface area contributed by atoms with Crippen molar-refractivity contribution in [3.8, 4) is 0 Å². The molecule has 0 saturated carbocycles. The zero-order valence-electron chi connectivity index (χ0n) is 9.38. The Morgan fingerprint density at radius 2 is 2.24 bits per heavy atom. The first-order chi connectivity index (χ1) is 7.91. The smallest absolute Gasteiger partial charge is 0.327 e. The van der Waals surface area contributed by atoms with Crippen LogP contribution in [0.25, 0.3) is 0 Å². The van der Waals surface area contributed by atoms with Crippen molar-refractivity contribution in [1.29, 1.82) is 0 Å². The number of rotatable bonds is 4. The highest BCUT2D eigenvalue weighted by atomic mass is 32.2. The molecule has 2 unspecified atom stereocenters. The number of hydrogen-bond donors (Lipinski definition) is 3. The van der Waals surface area contributed by atoms with Gasteiger partial charge in [0.05, 0.1) is 5.88 Å². The monoisotopic (exact) mass is 261 g/mol. The zero-order valence-corrected chi connectivity index (χ0v) is 10.2. The summed E-state index contributed by atoms with van der Waals surface area (Å²) in [6.45, 7) is 1.64. The summed E-state index contributed by atoms with van der Waals surface area (Å²) >= 11 is 1.38. The Bertz CT molecular complexity index is 336. The molecular weight excluding hydrogens is 246 g/mol. The fourth-order valence-electron chi connectivity index (χ4n) is 1.49. The molecule has 1 saturated heterocycles. The van der Waals surface area contributed by atoms with Crippen molar-refractivity contribution in [3.63, 3.8) is 0 Å². The maximum absolute atomic E-state index is 11.7. The van der Waals surface area contributed by atoms with Crippen molar-refractivity contribution in [2.75, 3.05) is 11.6 Å². The highest BCUT2D eigenvalue weighted by molar-refractivity contribution is 7.99. The molecule has 3 amide bonds. The summed E-state index contributed by atoms with van der Waals surface area (Å²) in [6.07, 6.45) is 0.0322. The van der Waals surface area contributed by atoms with Crippen LogP contribution in [0.1, 0.15) is 13.3 Å². The van der Waals surface area contributed by atoms with Crippen LogP contribution in [0.4, 0.5) is 4.79 Å². The van der Waals surface area contributed by atoms with Gasteiger partial charge in [-0.15, -0.1) is 11.8 Å². The van der Waals surface area contributed by atoms with E-state index >= 15 is 0 Å². The Kier molecular flexibility index (Phi) is 4.62. The van der Waals surface area contributed by atoms with Crippen LogP contribution in [-0.4, -0.2) is 51.6 Å². The van der Waals surface area contributed by atoms with Gasteiger partial charge in [-0.3, -0.25) is 4.79 Å². The normalized spacial score (nSPS) is 21.0. The van der Waals surface area contributed by atoms with Gasteiger partial charge in [0.15, 0.2) is 0 Å². The summed E-state index contributed by atoms with van der Waals surface area (Å²) in [6, 6.07) is -1.68. The summed E-state index contributed by atoms with van der Waals surface area (Å²) in [5.41, 5.74) is 5.00. The molecule has 2 atom stereocenters. The van der Waals surface area contributed by atoms with Gasteiger partial charge in [-0.05, 0) is 6.92 Å². The van der Waals surface area contributed by atoms with E-state index in [4.69, 9.17) is 10.8 Å². The topological polar surface area (TPSA) is 113 Å². The maximum atomic E-state index is 11.7. The van der Waals surface area contributed by atoms with Gasteiger partial charge in [-0.2, -0.15) is 0 Å². The van der Waals surface area contributed by atoms with Gasteiger partial charge in [0.1, 0.15) is 6.04 Å². The molecule has 1 aliphatic heterocycles. The van der Waals surface area contributed by atoms with Crippen LogP contribution in [0.15, 0.2) is 0 Å². The maximum Gasteiger partial charge on any atom is 0.327 e. The Morgan fingerprint density at radius 3 is 2.76 bits per heavy atom. The molecule has 1 heterocycles. The average Bonchev–Trinajstić information content (AvgIpc) is 2.63. The van der Waals surface area contributed by atoms with E-state index in [9.17, 15) is 14.4 Å². The lowest BCUT2D eigenvalue weighted by molar-refractivity contribution is -0.140. The van der Waals surface area contributed by atoms with Gasteiger partial charge in [0.2, 0.25) is 5.91 Å². The molecule has 4 N–H and O–H groups in total. The highest BCUT2D eigenvalue weighted by Crippen LogP contribution is 2.20. The molecule has 0 spiro atoms. The Hall–Kier alpha value is -1.44. The minimum Gasteiger partial charge on any atom is -0.480 e. The van der Waals surface area contributed by atoms with Crippen molar-refractivity contribution >= 4 is 29.7 Å². The van der Waals surface area contributed by atoms with E-state index in [1.165, 1.54) is 16.7 Å². The molecule has 8 heteroatoms. The van der Waals surface area contributed by atoms with Gasteiger partial charge in [-0.1, -0.05) is 0 Å². The molecule has 0 aromatic rings. The van der Waals surface area contributed by atoms with E-state index in [1.54, 1.807) is 6.92 Å². The van der Waals surface area contributed by atoms with Crippen molar-refractivity contribution in [1.82, 2.24) is 10.2 Å². The zero-order chi connectivity index (χ0) is 13.0. The van der Waals surface area contributed by atoms with Gasteiger partial charge in [0, 0.05) is 18.2 Å². The molecule has 1 rings (SSSR count). The number of amides is 3. The van der Waals surface area contributed by atoms with Crippen LogP contribution >= 0.6 is 11.8 Å². The number of primary amides is 1. The van der Waals surface area contributed by atoms with Gasteiger partial charge in [-0.25, -0.2) is 9.59 Å². The SMILES string of the molecule is CC(CC(N)=O)NC(=O)N1CSCC1C(=O)O. The number of carbonyl (C=O) groups excluding carboxylic acids is 2. The minimum atomic E-state index is -1.02. The first-order valence-corrected chi connectivity index (χ1v) is 6.23. The second-order valence-corrected chi connectivity index (χ2v) is 4.84. The number of thioether (sulfide) groups is 1. The first kappa shape index (κ1) is 13.6. The van der Waals surface area contributed by atoms with Crippen LogP contribution in [0.2, 0.25) is 0 Å². The molecule has 7 nitrogen and oxygen atoms in total. The third kappa shape index (κ3) is 3.81. The van der Waals surface area contributed by atoms with E-state index in [1.807, 2.05) is 0 Å². The van der Waals surface area contributed by atoms with Crippen molar-refractivity contribution in [3.05, 3.63) is 0 Å². The fourth-order valence-corrected chi connectivity index (χ4v) is 2.64. The van der Waals surface area contributed by atoms with E-state index in [0.29, 0.717) is 11.6 Å². The lowest BCUT2D eigenvalue weighted by Crippen LogP contribution is -2.49. The van der Waals surface area contributed by atoms with Crippen molar-refractivity contribution in [2.24, 2.45) is 5.73 Å². The second kappa shape index (κ2) is 5.76. The predicted octanol–water partition coefficient (Wildman–Crippen LogP) is -0.581. The second-order valence-electron chi connectivity index (χ2n) is 3.84. The molecule has 1 fully saturated rings. The largest absolute Gasteiger partial charge is 0.480 e.